The zero-order chi connectivity index (χ0) is 11.8. The van der Waals surface area contributed by atoms with Crippen LogP contribution in [-0.4, -0.2) is 42.6 Å². The van der Waals surface area contributed by atoms with E-state index in [0.717, 1.165) is 26.1 Å². The van der Waals surface area contributed by atoms with Gasteiger partial charge < -0.3 is 10.2 Å². The standard InChI is InChI=1S/C13H23N3/c1-12(2)15-8-10-16(3)9-6-13-5-4-7-14-11-13/h4-5,7,11-12,15H,6,8-10H2,1-3H3. The molecule has 0 amide bonds. The van der Waals surface area contributed by atoms with Gasteiger partial charge in [-0.15, -0.1) is 0 Å². The normalized spacial score (nSPS) is 11.3. The smallest absolute Gasteiger partial charge is 0.0300 e. The highest BCUT2D eigenvalue weighted by molar-refractivity contribution is 5.08. The maximum Gasteiger partial charge on any atom is 0.0300 e. The molecule has 0 unspecified atom stereocenters. The van der Waals surface area contributed by atoms with Gasteiger partial charge >= 0.3 is 0 Å². The van der Waals surface area contributed by atoms with E-state index in [1.165, 1.54) is 5.56 Å². The molecule has 0 radical (unpaired) electrons. The van der Waals surface area contributed by atoms with Crippen LogP contribution < -0.4 is 5.32 Å². The number of likely N-dealkylation sites (N-methyl/N-ethyl adjacent to an activating group) is 1. The van der Waals surface area contributed by atoms with Crippen LogP contribution in [0.25, 0.3) is 0 Å². The molecule has 16 heavy (non-hydrogen) atoms. The number of hydrogen-bond donors (Lipinski definition) is 1. The molecule has 3 nitrogen and oxygen atoms in total. The first-order valence-corrected chi connectivity index (χ1v) is 5.99. The van der Waals surface area contributed by atoms with E-state index in [4.69, 9.17) is 0 Å². The third-order valence-electron chi connectivity index (χ3n) is 2.55. The maximum atomic E-state index is 4.12. The Morgan fingerprint density at radius 3 is 2.81 bits per heavy atom. The molecule has 0 aromatic carbocycles. The van der Waals surface area contributed by atoms with Crippen LogP contribution >= 0.6 is 0 Å². The summed E-state index contributed by atoms with van der Waals surface area (Å²) < 4.78 is 0. The zero-order valence-corrected chi connectivity index (χ0v) is 10.6. The first kappa shape index (κ1) is 13.1. The fourth-order valence-electron chi connectivity index (χ4n) is 1.52. The second-order valence-electron chi connectivity index (χ2n) is 4.52. The molecule has 1 N–H and O–H groups in total. The second-order valence-corrected chi connectivity index (χ2v) is 4.52. The zero-order valence-electron chi connectivity index (χ0n) is 10.6. The Morgan fingerprint density at radius 1 is 1.38 bits per heavy atom. The van der Waals surface area contributed by atoms with Gasteiger partial charge in [-0.1, -0.05) is 19.9 Å². The largest absolute Gasteiger partial charge is 0.313 e. The van der Waals surface area contributed by atoms with Gasteiger partial charge in [-0.2, -0.15) is 0 Å². The van der Waals surface area contributed by atoms with Crippen molar-refractivity contribution in [2.75, 3.05) is 26.7 Å². The molecule has 1 rings (SSSR count). The van der Waals surface area contributed by atoms with Gasteiger partial charge in [-0.25, -0.2) is 0 Å². The van der Waals surface area contributed by atoms with Crippen molar-refractivity contribution in [1.29, 1.82) is 0 Å². The third-order valence-corrected chi connectivity index (χ3v) is 2.55. The van der Waals surface area contributed by atoms with Gasteiger partial charge in [-0.3, -0.25) is 4.98 Å². The molecular weight excluding hydrogens is 198 g/mol. The minimum atomic E-state index is 0.576. The molecular formula is C13H23N3. The third kappa shape index (κ3) is 5.83. The lowest BCUT2D eigenvalue weighted by Crippen LogP contribution is -2.33. The number of nitrogens with zero attached hydrogens (tertiary/aromatic N) is 2. The van der Waals surface area contributed by atoms with Crippen molar-refractivity contribution in [2.45, 2.75) is 26.3 Å². The topological polar surface area (TPSA) is 28.2 Å². The summed E-state index contributed by atoms with van der Waals surface area (Å²) in [5.74, 6) is 0. The number of nitrogens with one attached hydrogen (secondary N) is 1. The first-order valence-electron chi connectivity index (χ1n) is 5.99. The van der Waals surface area contributed by atoms with Crippen LogP contribution in [0.2, 0.25) is 0 Å². The SMILES string of the molecule is CC(C)NCCN(C)CCc1cccnc1. The Kier molecular flexibility index (Phi) is 6.04. The molecule has 1 aromatic rings. The Balaban J connectivity index is 2.13. The molecule has 0 saturated carbocycles. The predicted molar refractivity (Wildman–Crippen MR) is 68.6 cm³/mol. The van der Waals surface area contributed by atoms with E-state index in [1.807, 2.05) is 18.5 Å². The van der Waals surface area contributed by atoms with E-state index in [0.29, 0.717) is 6.04 Å². The van der Waals surface area contributed by atoms with Gasteiger partial charge in [-0.05, 0) is 25.1 Å². The summed E-state index contributed by atoms with van der Waals surface area (Å²) in [6.45, 7) is 7.59. The molecule has 0 fully saturated rings. The highest BCUT2D eigenvalue weighted by Crippen LogP contribution is 1.97. The molecule has 0 aliphatic heterocycles. The van der Waals surface area contributed by atoms with E-state index in [-0.39, 0.29) is 0 Å². The summed E-state index contributed by atoms with van der Waals surface area (Å²) in [6, 6.07) is 4.70. The van der Waals surface area contributed by atoms with Gasteiger partial charge in [0.25, 0.3) is 0 Å². The van der Waals surface area contributed by atoms with Crippen LogP contribution in [0.4, 0.5) is 0 Å². The number of pyridine rings is 1. The van der Waals surface area contributed by atoms with Gasteiger partial charge in [0.05, 0.1) is 0 Å². The number of rotatable bonds is 7. The highest BCUT2D eigenvalue weighted by atomic mass is 15.1. The maximum absolute atomic E-state index is 4.12. The lowest BCUT2D eigenvalue weighted by Gasteiger charge is -2.17. The van der Waals surface area contributed by atoms with E-state index < -0.39 is 0 Å². The van der Waals surface area contributed by atoms with E-state index in [2.05, 4.69) is 42.2 Å². The molecule has 0 bridgehead atoms. The number of hydrogen-bond acceptors (Lipinski definition) is 3. The van der Waals surface area contributed by atoms with Crippen molar-refractivity contribution in [3.8, 4) is 0 Å². The molecule has 0 aliphatic carbocycles. The molecule has 0 atom stereocenters. The van der Waals surface area contributed by atoms with Crippen molar-refractivity contribution >= 4 is 0 Å². The van der Waals surface area contributed by atoms with Crippen molar-refractivity contribution in [2.24, 2.45) is 0 Å². The molecule has 0 saturated heterocycles. The fraction of sp³-hybridized carbons (Fsp3) is 0.615. The van der Waals surface area contributed by atoms with Crippen molar-refractivity contribution in [3.05, 3.63) is 30.1 Å². The summed E-state index contributed by atoms with van der Waals surface area (Å²) in [7, 11) is 2.17. The van der Waals surface area contributed by atoms with Crippen LogP contribution in [0.3, 0.4) is 0 Å². The Labute approximate surface area is 98.9 Å². The molecule has 1 aromatic heterocycles. The summed E-state index contributed by atoms with van der Waals surface area (Å²) in [6.07, 6.45) is 4.84. The summed E-state index contributed by atoms with van der Waals surface area (Å²) >= 11 is 0. The van der Waals surface area contributed by atoms with Crippen LogP contribution in [0.1, 0.15) is 19.4 Å². The molecule has 0 aliphatic rings. The van der Waals surface area contributed by atoms with Crippen molar-refractivity contribution in [1.82, 2.24) is 15.2 Å². The quantitative estimate of drug-likeness (QED) is 0.757. The summed E-state index contributed by atoms with van der Waals surface area (Å²) in [4.78, 5) is 6.47. The van der Waals surface area contributed by atoms with Crippen molar-refractivity contribution < 1.29 is 0 Å². The van der Waals surface area contributed by atoms with Crippen LogP contribution in [0.5, 0.6) is 0 Å². The van der Waals surface area contributed by atoms with Crippen LogP contribution in [-0.2, 0) is 6.42 Å². The van der Waals surface area contributed by atoms with E-state index >= 15 is 0 Å². The molecule has 3 heteroatoms. The second kappa shape index (κ2) is 7.36. The van der Waals surface area contributed by atoms with Crippen LogP contribution in [0.15, 0.2) is 24.5 Å². The van der Waals surface area contributed by atoms with E-state index in [9.17, 15) is 0 Å². The average molecular weight is 221 g/mol. The Hall–Kier alpha value is -0.930. The van der Waals surface area contributed by atoms with Gasteiger partial charge in [0.1, 0.15) is 0 Å². The average Bonchev–Trinajstić information content (AvgIpc) is 2.27. The number of aromatic nitrogens is 1. The Bertz CT molecular complexity index is 272. The van der Waals surface area contributed by atoms with Crippen molar-refractivity contribution in [3.63, 3.8) is 0 Å². The summed E-state index contributed by atoms with van der Waals surface area (Å²) in [5, 5.41) is 3.42. The first-order chi connectivity index (χ1) is 7.68. The lowest BCUT2D eigenvalue weighted by molar-refractivity contribution is 0.331. The van der Waals surface area contributed by atoms with Crippen LogP contribution in [0, 0.1) is 0 Å². The predicted octanol–water partition coefficient (Wildman–Crippen LogP) is 1.55. The highest BCUT2D eigenvalue weighted by Gasteiger charge is 1.99. The minimum Gasteiger partial charge on any atom is -0.313 e. The molecule has 90 valence electrons. The van der Waals surface area contributed by atoms with Gasteiger partial charge in [0.15, 0.2) is 0 Å². The van der Waals surface area contributed by atoms with Gasteiger partial charge in [0, 0.05) is 38.1 Å². The lowest BCUT2D eigenvalue weighted by atomic mass is 10.2. The summed E-state index contributed by atoms with van der Waals surface area (Å²) in [5.41, 5.74) is 1.31. The van der Waals surface area contributed by atoms with E-state index in [1.54, 1.807) is 0 Å². The molecule has 0 spiro atoms. The molecule has 1 heterocycles. The Morgan fingerprint density at radius 2 is 2.19 bits per heavy atom. The fourth-order valence-corrected chi connectivity index (χ4v) is 1.52. The minimum absolute atomic E-state index is 0.576. The van der Waals surface area contributed by atoms with Gasteiger partial charge in [0.2, 0.25) is 0 Å². The monoisotopic (exact) mass is 221 g/mol.